The third-order valence-electron chi connectivity index (χ3n) is 6.95. The van der Waals surface area contributed by atoms with Gasteiger partial charge in [0.2, 0.25) is 11.8 Å². The van der Waals surface area contributed by atoms with Crippen LogP contribution in [0, 0.1) is 6.92 Å². The molecule has 36 heavy (non-hydrogen) atoms. The maximum Gasteiger partial charge on any atom is 0.340 e. The molecule has 2 aromatic rings. The number of ether oxygens (including phenoxy) is 3. The summed E-state index contributed by atoms with van der Waals surface area (Å²) in [5.41, 5.74) is 4.15. The van der Waals surface area contributed by atoms with Gasteiger partial charge in [-0.05, 0) is 25.8 Å². The van der Waals surface area contributed by atoms with Crippen LogP contribution in [0.4, 0.5) is 5.69 Å². The number of para-hydroxylation sites is 1. The molecule has 3 aliphatic rings. The number of aliphatic carboxylic acids is 1. The first-order chi connectivity index (χ1) is 17.2. The zero-order valence-electron chi connectivity index (χ0n) is 19.8. The molecule has 0 bridgehead atoms. The number of esters is 1. The molecule has 1 aromatic carbocycles. The predicted molar refractivity (Wildman–Crippen MR) is 125 cm³/mol. The molecule has 3 aliphatic heterocycles. The number of fused-ring (bicyclic) bond motifs is 4. The molecular weight excluding hydrogens is 470 g/mol. The van der Waals surface area contributed by atoms with Gasteiger partial charge in [0.15, 0.2) is 0 Å². The Kier molecular flexibility index (Phi) is 5.59. The number of carboxylic acids is 1. The molecule has 11 heteroatoms. The first-order valence-electron chi connectivity index (χ1n) is 11.5. The molecule has 4 heterocycles. The van der Waals surface area contributed by atoms with E-state index in [1.807, 2.05) is 0 Å². The number of nitrogens with zero attached hydrogens (tertiary/aromatic N) is 2. The predicted octanol–water partition coefficient (Wildman–Crippen LogP) is 0.789. The number of hydrogen-bond donors (Lipinski definition) is 2. The minimum Gasteiger partial charge on any atom is -0.480 e. The van der Waals surface area contributed by atoms with E-state index in [2.05, 4.69) is 0 Å². The van der Waals surface area contributed by atoms with Gasteiger partial charge in [0, 0.05) is 29.6 Å². The highest BCUT2D eigenvalue weighted by Gasteiger charge is 2.62. The summed E-state index contributed by atoms with van der Waals surface area (Å²) in [6.45, 7) is 1.88. The number of anilines is 1. The number of nitrogens with two attached hydrogens (primary N) is 1. The van der Waals surface area contributed by atoms with Gasteiger partial charge in [-0.2, -0.15) is 0 Å². The third-order valence-corrected chi connectivity index (χ3v) is 6.95. The molecule has 0 unspecified atom stereocenters. The number of benzene rings is 1. The second-order valence-corrected chi connectivity index (χ2v) is 8.96. The summed E-state index contributed by atoms with van der Waals surface area (Å²) in [5, 5.41) is 9.54. The summed E-state index contributed by atoms with van der Waals surface area (Å²) < 4.78 is 17.9. The van der Waals surface area contributed by atoms with Crippen LogP contribution in [-0.4, -0.2) is 53.9 Å². The lowest BCUT2D eigenvalue weighted by atomic mass is 9.68. The minimum absolute atomic E-state index is 0.0200. The highest BCUT2D eigenvalue weighted by atomic mass is 16.5. The Morgan fingerprint density at radius 2 is 2.03 bits per heavy atom. The molecule has 11 nitrogen and oxygen atoms in total. The van der Waals surface area contributed by atoms with Crippen molar-refractivity contribution in [2.24, 2.45) is 5.73 Å². The molecule has 1 aromatic heterocycles. The van der Waals surface area contributed by atoms with Crippen molar-refractivity contribution in [3.05, 3.63) is 69.0 Å². The van der Waals surface area contributed by atoms with Gasteiger partial charge in [-0.15, -0.1) is 0 Å². The summed E-state index contributed by atoms with van der Waals surface area (Å²) >= 11 is 0. The third kappa shape index (κ3) is 3.23. The highest BCUT2D eigenvalue weighted by Crippen LogP contribution is 2.54. The minimum atomic E-state index is -2.06. The second kappa shape index (κ2) is 8.52. The summed E-state index contributed by atoms with van der Waals surface area (Å²) in [6, 6.07) is 7.99. The Bertz CT molecular complexity index is 1390. The van der Waals surface area contributed by atoms with E-state index in [0.29, 0.717) is 12.3 Å². The van der Waals surface area contributed by atoms with E-state index in [4.69, 9.17) is 19.9 Å². The van der Waals surface area contributed by atoms with Gasteiger partial charge in [0.1, 0.15) is 23.3 Å². The average molecular weight is 495 g/mol. The van der Waals surface area contributed by atoms with Gasteiger partial charge in [-0.25, -0.2) is 4.79 Å². The zero-order chi connectivity index (χ0) is 25.8. The second-order valence-electron chi connectivity index (χ2n) is 8.96. The van der Waals surface area contributed by atoms with Gasteiger partial charge in [0.05, 0.1) is 25.3 Å². The number of methoxy groups -OCH3 is 1. The maximum absolute atomic E-state index is 14.2. The number of carbonyl (C=O) groups excluding carboxylic acids is 2. The Morgan fingerprint density at radius 1 is 1.28 bits per heavy atom. The number of rotatable bonds is 5. The molecule has 2 atom stereocenters. The number of carbonyl (C=O) groups is 3. The zero-order valence-corrected chi connectivity index (χ0v) is 19.8. The van der Waals surface area contributed by atoms with Crippen molar-refractivity contribution < 1.29 is 33.7 Å². The van der Waals surface area contributed by atoms with E-state index < -0.39 is 41.2 Å². The van der Waals surface area contributed by atoms with Crippen LogP contribution in [0.25, 0.3) is 0 Å². The topological polar surface area (TPSA) is 150 Å². The lowest BCUT2D eigenvalue weighted by Gasteiger charge is -2.36. The summed E-state index contributed by atoms with van der Waals surface area (Å²) in [6.07, 6.45) is 1.47. The molecule has 5 rings (SSSR count). The Morgan fingerprint density at radius 3 is 2.69 bits per heavy atom. The van der Waals surface area contributed by atoms with E-state index in [9.17, 15) is 24.3 Å². The number of pyridine rings is 1. The molecular formula is C25H25N3O8. The Balaban J connectivity index is 1.86. The van der Waals surface area contributed by atoms with Crippen LogP contribution in [0.1, 0.15) is 29.7 Å². The molecule has 1 spiro atoms. The van der Waals surface area contributed by atoms with E-state index >= 15 is 0 Å². The van der Waals surface area contributed by atoms with Gasteiger partial charge in [-0.3, -0.25) is 19.3 Å². The van der Waals surface area contributed by atoms with E-state index in [1.165, 1.54) is 4.57 Å². The molecule has 1 amide bonds. The van der Waals surface area contributed by atoms with Crippen molar-refractivity contribution in [3.8, 4) is 5.75 Å². The van der Waals surface area contributed by atoms with Crippen LogP contribution in [0.3, 0.4) is 0 Å². The quantitative estimate of drug-likeness (QED) is 0.574. The number of aromatic nitrogens is 1. The van der Waals surface area contributed by atoms with Crippen molar-refractivity contribution in [1.82, 2.24) is 4.57 Å². The SMILES string of the molecule is COC(=O)C1=C(N)Oc2cc(C)n(C[C@H]3CCCO3)c(=O)c2[C@@]12C(=O)N(CC(=O)O)c1ccccc12. The van der Waals surface area contributed by atoms with Crippen LogP contribution in [-0.2, 0) is 35.8 Å². The van der Waals surface area contributed by atoms with Gasteiger partial charge in [-0.1, -0.05) is 18.2 Å². The lowest BCUT2D eigenvalue weighted by Crippen LogP contribution is -2.52. The molecule has 0 aliphatic carbocycles. The molecule has 3 N–H and O–H groups in total. The average Bonchev–Trinajstić information content (AvgIpc) is 3.43. The summed E-state index contributed by atoms with van der Waals surface area (Å²) in [4.78, 5) is 54.2. The Hall–Kier alpha value is -4.12. The number of aryl methyl sites for hydroxylation is 1. The van der Waals surface area contributed by atoms with E-state index in [1.54, 1.807) is 37.3 Å². The fraction of sp³-hybridized carbons (Fsp3) is 0.360. The standard InChI is InChI=1S/C25H25N3O8/c1-13-10-17-19(22(31)27(13)11-14-6-5-9-35-14)25(20(21(26)36-17)23(32)34-2)15-7-3-4-8-16(15)28(24(25)33)12-18(29)30/h3-4,7-8,10,14H,5-6,9,11-12,26H2,1-2H3,(H,29,30)/t14-,25-/m1/s1. The van der Waals surface area contributed by atoms with E-state index in [-0.39, 0.29) is 40.8 Å². The van der Waals surface area contributed by atoms with Crippen LogP contribution in [0.2, 0.25) is 0 Å². The molecule has 188 valence electrons. The highest BCUT2D eigenvalue weighted by molar-refractivity contribution is 6.19. The fourth-order valence-electron chi connectivity index (χ4n) is 5.45. The van der Waals surface area contributed by atoms with E-state index in [0.717, 1.165) is 24.9 Å². The van der Waals surface area contributed by atoms with Crippen molar-refractivity contribution in [1.29, 1.82) is 0 Å². The van der Waals surface area contributed by atoms with Crippen molar-refractivity contribution in [2.45, 2.75) is 37.8 Å². The number of amides is 1. The van der Waals surface area contributed by atoms with Gasteiger partial charge < -0.3 is 29.6 Å². The van der Waals surface area contributed by atoms with Gasteiger partial charge >= 0.3 is 11.9 Å². The molecule has 0 radical (unpaired) electrons. The van der Waals surface area contributed by atoms with Crippen molar-refractivity contribution in [3.63, 3.8) is 0 Å². The van der Waals surface area contributed by atoms with Crippen LogP contribution < -0.4 is 20.9 Å². The number of hydrogen-bond acceptors (Lipinski definition) is 8. The smallest absolute Gasteiger partial charge is 0.340 e. The first kappa shape index (κ1) is 23.6. The van der Waals surface area contributed by atoms with Crippen LogP contribution in [0.15, 0.2) is 46.6 Å². The van der Waals surface area contributed by atoms with Gasteiger partial charge in [0.25, 0.3) is 5.56 Å². The summed E-state index contributed by atoms with van der Waals surface area (Å²) in [7, 11) is 1.12. The fourth-order valence-corrected chi connectivity index (χ4v) is 5.45. The molecule has 0 saturated carbocycles. The number of carboxylic acid groups (broad SMARTS) is 1. The molecule has 1 saturated heterocycles. The normalized spacial score (nSPS) is 22.4. The lowest BCUT2D eigenvalue weighted by molar-refractivity contribution is -0.138. The van der Waals surface area contributed by atoms with Crippen molar-refractivity contribution >= 4 is 23.5 Å². The van der Waals surface area contributed by atoms with Crippen molar-refractivity contribution in [2.75, 3.05) is 25.2 Å². The first-order valence-corrected chi connectivity index (χ1v) is 11.5. The summed E-state index contributed by atoms with van der Waals surface area (Å²) in [5.74, 6) is -3.41. The Labute approximate surface area is 205 Å². The van der Waals surface area contributed by atoms with Crippen LogP contribution in [0.5, 0.6) is 5.75 Å². The maximum atomic E-state index is 14.2. The largest absolute Gasteiger partial charge is 0.480 e. The molecule has 1 fully saturated rings. The van der Waals surface area contributed by atoms with Crippen LogP contribution >= 0.6 is 0 Å². The monoisotopic (exact) mass is 495 g/mol.